The van der Waals surface area contributed by atoms with Gasteiger partial charge in [0, 0.05) is 18.8 Å². The van der Waals surface area contributed by atoms with Crippen molar-refractivity contribution in [3.05, 3.63) is 29.6 Å². The Balaban J connectivity index is 1.91. The molecule has 1 heterocycles. The number of aliphatic hydroxyl groups excluding tert-OH is 1. The average Bonchev–Trinajstić information content (AvgIpc) is 2.33. The van der Waals surface area contributed by atoms with Gasteiger partial charge in [-0.2, -0.15) is 0 Å². The largest absolute Gasteiger partial charge is 0.393 e. The molecule has 2 unspecified atom stereocenters. The number of hydrogen-bond acceptors (Lipinski definition) is 3. The molecule has 2 rings (SSSR count). The monoisotopic (exact) mass is 276 g/mol. The molecule has 3 nitrogen and oxygen atoms in total. The van der Waals surface area contributed by atoms with Gasteiger partial charge in [-0.25, -0.2) is 0 Å². The minimum Gasteiger partial charge on any atom is -0.393 e. The van der Waals surface area contributed by atoms with Crippen LogP contribution in [0.3, 0.4) is 0 Å². The van der Waals surface area contributed by atoms with Crippen molar-refractivity contribution in [3.8, 4) is 0 Å². The van der Waals surface area contributed by atoms with Gasteiger partial charge >= 0.3 is 0 Å². The van der Waals surface area contributed by atoms with E-state index in [9.17, 15) is 5.11 Å². The summed E-state index contributed by atoms with van der Waals surface area (Å²) in [6.07, 6.45) is 3.04. The van der Waals surface area contributed by atoms with Crippen LogP contribution >= 0.6 is 0 Å². The highest BCUT2D eigenvalue weighted by molar-refractivity contribution is 5.09. The van der Waals surface area contributed by atoms with E-state index >= 15 is 0 Å². The van der Waals surface area contributed by atoms with E-state index in [1.807, 2.05) is 13.0 Å². The van der Waals surface area contributed by atoms with Crippen molar-refractivity contribution in [1.29, 1.82) is 0 Å². The van der Waals surface area contributed by atoms with Crippen LogP contribution in [0.25, 0.3) is 0 Å². The second-order valence-electron chi connectivity index (χ2n) is 7.20. The lowest BCUT2D eigenvalue weighted by Crippen LogP contribution is -2.39. The standard InChI is InChI=1S/C17H28N2O/c1-13-6-5-7-15(18-13)12-19(4)11-14-10-17(2,3)9-8-16(14)20/h5-7,14,16,20H,8-12H2,1-4H3. The first kappa shape index (κ1) is 15.5. The number of hydrogen-bond donors (Lipinski definition) is 1. The summed E-state index contributed by atoms with van der Waals surface area (Å²) in [6.45, 7) is 8.45. The number of rotatable bonds is 4. The fraction of sp³-hybridized carbons (Fsp3) is 0.706. The van der Waals surface area contributed by atoms with Crippen LogP contribution in [0.1, 0.15) is 44.5 Å². The van der Waals surface area contributed by atoms with Crippen molar-refractivity contribution >= 4 is 0 Å². The molecule has 1 saturated carbocycles. The zero-order valence-electron chi connectivity index (χ0n) is 13.3. The number of aromatic nitrogens is 1. The molecular formula is C17H28N2O. The number of aliphatic hydroxyl groups is 1. The zero-order valence-corrected chi connectivity index (χ0v) is 13.3. The maximum atomic E-state index is 10.2. The third kappa shape index (κ3) is 4.29. The molecule has 112 valence electrons. The molecule has 0 aliphatic heterocycles. The summed E-state index contributed by atoms with van der Waals surface area (Å²) >= 11 is 0. The smallest absolute Gasteiger partial charge is 0.0581 e. The molecule has 1 fully saturated rings. The molecule has 1 aliphatic rings. The topological polar surface area (TPSA) is 36.4 Å². The predicted octanol–water partition coefficient (Wildman–Crippen LogP) is 3.01. The van der Waals surface area contributed by atoms with Crippen LogP contribution in [0, 0.1) is 18.3 Å². The third-order valence-electron chi connectivity index (χ3n) is 4.40. The van der Waals surface area contributed by atoms with Gasteiger partial charge in [-0.1, -0.05) is 19.9 Å². The van der Waals surface area contributed by atoms with E-state index in [1.54, 1.807) is 0 Å². The molecule has 20 heavy (non-hydrogen) atoms. The normalized spacial score (nSPS) is 25.9. The zero-order chi connectivity index (χ0) is 14.8. The second-order valence-corrected chi connectivity index (χ2v) is 7.20. The Bertz CT molecular complexity index is 444. The molecule has 1 aromatic heterocycles. The fourth-order valence-electron chi connectivity index (χ4n) is 3.34. The van der Waals surface area contributed by atoms with Gasteiger partial charge in [0.25, 0.3) is 0 Å². The molecule has 3 heteroatoms. The molecule has 2 atom stereocenters. The Morgan fingerprint density at radius 1 is 1.40 bits per heavy atom. The Hall–Kier alpha value is -0.930. The van der Waals surface area contributed by atoms with E-state index in [0.29, 0.717) is 11.3 Å². The molecule has 1 aromatic rings. The molecule has 0 spiro atoms. The Morgan fingerprint density at radius 3 is 2.85 bits per heavy atom. The summed E-state index contributed by atoms with van der Waals surface area (Å²) in [5, 5.41) is 10.2. The summed E-state index contributed by atoms with van der Waals surface area (Å²) < 4.78 is 0. The van der Waals surface area contributed by atoms with Crippen LogP contribution in [-0.4, -0.2) is 34.7 Å². The first-order valence-electron chi connectivity index (χ1n) is 7.65. The molecule has 0 saturated heterocycles. The summed E-state index contributed by atoms with van der Waals surface area (Å²) in [5.74, 6) is 0.383. The Kier molecular flexibility index (Phi) is 4.82. The summed E-state index contributed by atoms with van der Waals surface area (Å²) in [4.78, 5) is 6.84. The first-order chi connectivity index (χ1) is 9.35. The van der Waals surface area contributed by atoms with Gasteiger partial charge in [0.2, 0.25) is 0 Å². The quantitative estimate of drug-likeness (QED) is 0.918. The van der Waals surface area contributed by atoms with E-state index < -0.39 is 0 Å². The Morgan fingerprint density at radius 2 is 2.15 bits per heavy atom. The van der Waals surface area contributed by atoms with Crippen LogP contribution in [0.15, 0.2) is 18.2 Å². The van der Waals surface area contributed by atoms with Gasteiger partial charge in [0.05, 0.1) is 11.8 Å². The van der Waals surface area contributed by atoms with Gasteiger partial charge in [0.1, 0.15) is 0 Å². The highest BCUT2D eigenvalue weighted by atomic mass is 16.3. The van der Waals surface area contributed by atoms with E-state index in [4.69, 9.17) is 0 Å². The maximum Gasteiger partial charge on any atom is 0.0581 e. The average molecular weight is 276 g/mol. The Labute approximate surface area is 123 Å². The van der Waals surface area contributed by atoms with E-state index in [1.165, 1.54) is 0 Å². The number of pyridine rings is 1. The number of nitrogens with zero attached hydrogens (tertiary/aromatic N) is 2. The highest BCUT2D eigenvalue weighted by Crippen LogP contribution is 2.38. The fourth-order valence-corrected chi connectivity index (χ4v) is 3.34. The van der Waals surface area contributed by atoms with Crippen LogP contribution in [0.2, 0.25) is 0 Å². The minimum atomic E-state index is -0.143. The van der Waals surface area contributed by atoms with Crippen molar-refractivity contribution in [2.45, 2.75) is 52.7 Å². The molecule has 0 radical (unpaired) electrons. The van der Waals surface area contributed by atoms with Crippen molar-refractivity contribution in [1.82, 2.24) is 9.88 Å². The van der Waals surface area contributed by atoms with Gasteiger partial charge in [-0.15, -0.1) is 0 Å². The van der Waals surface area contributed by atoms with Crippen LogP contribution in [0.5, 0.6) is 0 Å². The van der Waals surface area contributed by atoms with Crippen molar-refractivity contribution < 1.29 is 5.11 Å². The van der Waals surface area contributed by atoms with E-state index in [0.717, 1.165) is 43.7 Å². The lowest BCUT2D eigenvalue weighted by molar-refractivity contribution is 0.00660. The lowest BCUT2D eigenvalue weighted by Gasteiger charge is -2.40. The van der Waals surface area contributed by atoms with E-state index in [-0.39, 0.29) is 6.10 Å². The van der Waals surface area contributed by atoms with Gasteiger partial charge in [-0.05, 0) is 56.7 Å². The van der Waals surface area contributed by atoms with Crippen molar-refractivity contribution in [2.24, 2.45) is 11.3 Å². The molecule has 0 amide bonds. The molecule has 1 N–H and O–H groups in total. The van der Waals surface area contributed by atoms with E-state index in [2.05, 4.69) is 42.9 Å². The summed E-state index contributed by atoms with van der Waals surface area (Å²) in [5.41, 5.74) is 2.54. The lowest BCUT2D eigenvalue weighted by atomic mass is 9.71. The predicted molar refractivity (Wildman–Crippen MR) is 82.4 cm³/mol. The molecule has 0 aromatic carbocycles. The maximum absolute atomic E-state index is 10.2. The number of aryl methyl sites for hydroxylation is 1. The summed E-state index contributed by atoms with van der Waals surface area (Å²) in [6, 6.07) is 6.16. The highest BCUT2D eigenvalue weighted by Gasteiger charge is 2.34. The SMILES string of the molecule is Cc1cccc(CN(C)CC2CC(C)(C)CCC2O)n1. The summed E-state index contributed by atoms with van der Waals surface area (Å²) in [7, 11) is 2.12. The van der Waals surface area contributed by atoms with Gasteiger partial charge in [-0.3, -0.25) is 4.98 Å². The van der Waals surface area contributed by atoms with Crippen molar-refractivity contribution in [2.75, 3.05) is 13.6 Å². The van der Waals surface area contributed by atoms with Crippen molar-refractivity contribution in [3.63, 3.8) is 0 Å². The van der Waals surface area contributed by atoms with Gasteiger partial charge in [0.15, 0.2) is 0 Å². The molecule has 0 bridgehead atoms. The third-order valence-corrected chi connectivity index (χ3v) is 4.40. The van der Waals surface area contributed by atoms with Gasteiger partial charge < -0.3 is 10.0 Å². The first-order valence-corrected chi connectivity index (χ1v) is 7.65. The van der Waals surface area contributed by atoms with Crippen LogP contribution in [-0.2, 0) is 6.54 Å². The second kappa shape index (κ2) is 6.23. The molecule has 1 aliphatic carbocycles. The molecular weight excluding hydrogens is 248 g/mol. The van der Waals surface area contributed by atoms with Crippen LogP contribution in [0.4, 0.5) is 0 Å². The van der Waals surface area contributed by atoms with Crippen LogP contribution < -0.4 is 0 Å². The minimum absolute atomic E-state index is 0.143.